The summed E-state index contributed by atoms with van der Waals surface area (Å²) in [6.45, 7) is 11.7. The van der Waals surface area contributed by atoms with Gasteiger partial charge in [0.15, 0.2) is 0 Å². The lowest BCUT2D eigenvalue weighted by atomic mass is 9.90. The number of hydrogen-bond donors (Lipinski definition) is 0. The quantitative estimate of drug-likeness (QED) is 0.558. The highest BCUT2D eigenvalue weighted by molar-refractivity contribution is 5.82. The summed E-state index contributed by atoms with van der Waals surface area (Å²) in [6, 6.07) is 0. The molecule has 4 nitrogen and oxygen atoms in total. The van der Waals surface area contributed by atoms with E-state index in [1.807, 2.05) is 6.92 Å². The highest BCUT2D eigenvalue weighted by atomic mass is 16.5. The molecule has 1 aliphatic rings. The summed E-state index contributed by atoms with van der Waals surface area (Å²) in [5.74, 6) is -0.260. The Kier molecular flexibility index (Phi) is 5.00. The van der Waals surface area contributed by atoms with Gasteiger partial charge in [-0.15, -0.1) is 0 Å². The molecule has 0 bridgehead atoms. The number of carbonyl (C=O) groups is 1. The van der Waals surface area contributed by atoms with Crippen molar-refractivity contribution in [1.29, 1.82) is 0 Å². The minimum atomic E-state index is -0.260. The van der Waals surface area contributed by atoms with Gasteiger partial charge in [0.1, 0.15) is 0 Å². The molecule has 0 radical (unpaired) electrons. The number of allylic oxidation sites excluding steroid dienone is 1. The van der Waals surface area contributed by atoms with E-state index in [0.717, 1.165) is 32.0 Å². The number of morpholine rings is 1. The minimum absolute atomic E-state index is 0.0654. The van der Waals surface area contributed by atoms with Crippen LogP contribution in [0.2, 0.25) is 0 Å². The van der Waals surface area contributed by atoms with Crippen LogP contribution in [0.5, 0.6) is 0 Å². The molecular weight excluding hydrogens is 218 g/mol. The molecule has 1 saturated heterocycles. The van der Waals surface area contributed by atoms with E-state index >= 15 is 0 Å². The van der Waals surface area contributed by atoms with E-state index in [2.05, 4.69) is 25.7 Å². The van der Waals surface area contributed by atoms with Crippen molar-refractivity contribution in [1.82, 2.24) is 4.90 Å². The van der Waals surface area contributed by atoms with Gasteiger partial charge in [-0.2, -0.15) is 0 Å². The monoisotopic (exact) mass is 241 g/mol. The third kappa shape index (κ3) is 4.38. The summed E-state index contributed by atoms with van der Waals surface area (Å²) in [4.78, 5) is 13.8. The van der Waals surface area contributed by atoms with Crippen LogP contribution in [0.1, 0.15) is 27.7 Å². The lowest BCUT2D eigenvalue weighted by molar-refractivity contribution is -0.137. The highest BCUT2D eigenvalue weighted by Crippen LogP contribution is 2.28. The second-order valence-electron chi connectivity index (χ2n) is 5.13. The fourth-order valence-corrected chi connectivity index (χ4v) is 1.88. The number of nitrogens with zero attached hydrogens (tertiary/aromatic N) is 1. The van der Waals surface area contributed by atoms with Gasteiger partial charge in [-0.3, -0.25) is 0 Å². The topological polar surface area (TPSA) is 38.8 Å². The average molecular weight is 241 g/mol. The first-order valence-electron chi connectivity index (χ1n) is 6.16. The summed E-state index contributed by atoms with van der Waals surface area (Å²) in [6.07, 6.45) is 1.62. The molecule has 98 valence electrons. The van der Waals surface area contributed by atoms with E-state index in [4.69, 9.17) is 9.47 Å². The zero-order chi connectivity index (χ0) is 12.9. The van der Waals surface area contributed by atoms with Crippen LogP contribution in [0.15, 0.2) is 11.8 Å². The maximum atomic E-state index is 11.6. The van der Waals surface area contributed by atoms with Crippen molar-refractivity contribution in [2.45, 2.75) is 27.7 Å². The molecule has 1 fully saturated rings. The standard InChI is InChI=1S/C13H23NO3/c1-5-17-12(15)10-11(13(2,3)4)14-6-8-16-9-7-14/h10H,5-9H2,1-4H3/b11-10-. The smallest absolute Gasteiger partial charge is 0.332 e. The molecule has 1 aliphatic heterocycles. The van der Waals surface area contributed by atoms with E-state index in [0.29, 0.717) is 6.61 Å². The Morgan fingerprint density at radius 1 is 1.35 bits per heavy atom. The van der Waals surface area contributed by atoms with Crippen molar-refractivity contribution in [3.8, 4) is 0 Å². The van der Waals surface area contributed by atoms with Gasteiger partial charge >= 0.3 is 5.97 Å². The van der Waals surface area contributed by atoms with Gasteiger partial charge in [0.2, 0.25) is 0 Å². The van der Waals surface area contributed by atoms with Crippen LogP contribution >= 0.6 is 0 Å². The Morgan fingerprint density at radius 2 is 1.94 bits per heavy atom. The van der Waals surface area contributed by atoms with Gasteiger partial charge in [0.25, 0.3) is 0 Å². The molecule has 0 N–H and O–H groups in total. The molecule has 0 atom stereocenters. The van der Waals surface area contributed by atoms with E-state index in [-0.39, 0.29) is 11.4 Å². The van der Waals surface area contributed by atoms with Crippen molar-refractivity contribution >= 4 is 5.97 Å². The molecule has 17 heavy (non-hydrogen) atoms. The fraction of sp³-hybridized carbons (Fsp3) is 0.769. The van der Waals surface area contributed by atoms with Crippen LogP contribution in [-0.2, 0) is 14.3 Å². The fourth-order valence-electron chi connectivity index (χ4n) is 1.88. The van der Waals surface area contributed by atoms with Gasteiger partial charge in [0, 0.05) is 30.3 Å². The lowest BCUT2D eigenvalue weighted by Crippen LogP contribution is -2.39. The molecule has 4 heteroatoms. The molecule has 0 aromatic rings. The first-order chi connectivity index (χ1) is 7.95. The highest BCUT2D eigenvalue weighted by Gasteiger charge is 2.25. The van der Waals surface area contributed by atoms with Gasteiger partial charge in [-0.05, 0) is 6.92 Å². The molecule has 0 saturated carbocycles. The summed E-state index contributed by atoms with van der Waals surface area (Å²) in [5, 5.41) is 0. The zero-order valence-electron chi connectivity index (χ0n) is 11.3. The van der Waals surface area contributed by atoms with Crippen molar-refractivity contribution in [2.24, 2.45) is 5.41 Å². The largest absolute Gasteiger partial charge is 0.463 e. The molecule has 0 spiro atoms. The first-order valence-corrected chi connectivity index (χ1v) is 6.16. The number of esters is 1. The molecule has 0 unspecified atom stereocenters. The Hall–Kier alpha value is -1.03. The van der Waals surface area contributed by atoms with Crippen LogP contribution in [0.4, 0.5) is 0 Å². The van der Waals surface area contributed by atoms with Crippen molar-refractivity contribution in [2.75, 3.05) is 32.9 Å². The molecule has 0 amide bonds. The SMILES string of the molecule is CCOC(=O)/C=C(\N1CCOCC1)C(C)(C)C. The van der Waals surface area contributed by atoms with E-state index in [1.54, 1.807) is 6.08 Å². The van der Waals surface area contributed by atoms with Crippen LogP contribution < -0.4 is 0 Å². The number of rotatable bonds is 3. The summed E-state index contributed by atoms with van der Waals surface area (Å²) in [7, 11) is 0. The second-order valence-corrected chi connectivity index (χ2v) is 5.13. The van der Waals surface area contributed by atoms with Gasteiger partial charge in [0.05, 0.1) is 19.8 Å². The van der Waals surface area contributed by atoms with Crippen molar-refractivity contribution < 1.29 is 14.3 Å². The maximum Gasteiger partial charge on any atom is 0.332 e. The summed E-state index contributed by atoms with van der Waals surface area (Å²) in [5.41, 5.74) is 0.962. The second kappa shape index (κ2) is 6.05. The molecule has 0 aliphatic carbocycles. The van der Waals surface area contributed by atoms with Crippen molar-refractivity contribution in [3.63, 3.8) is 0 Å². The van der Waals surface area contributed by atoms with Crippen molar-refractivity contribution in [3.05, 3.63) is 11.8 Å². The first kappa shape index (κ1) is 14.0. The normalized spacial score (nSPS) is 18.1. The third-order valence-electron chi connectivity index (χ3n) is 2.66. The summed E-state index contributed by atoms with van der Waals surface area (Å²) < 4.78 is 10.3. The maximum absolute atomic E-state index is 11.6. The summed E-state index contributed by atoms with van der Waals surface area (Å²) >= 11 is 0. The molecule has 0 aromatic carbocycles. The molecule has 1 heterocycles. The lowest BCUT2D eigenvalue weighted by Gasteiger charge is -2.37. The predicted molar refractivity (Wildman–Crippen MR) is 66.6 cm³/mol. The minimum Gasteiger partial charge on any atom is -0.463 e. The average Bonchev–Trinajstić information content (AvgIpc) is 2.26. The van der Waals surface area contributed by atoms with Crippen LogP contribution in [0.3, 0.4) is 0 Å². The van der Waals surface area contributed by atoms with Gasteiger partial charge in [-0.1, -0.05) is 20.8 Å². The zero-order valence-corrected chi connectivity index (χ0v) is 11.3. The number of carbonyl (C=O) groups excluding carboxylic acids is 1. The number of hydrogen-bond acceptors (Lipinski definition) is 4. The third-order valence-corrected chi connectivity index (χ3v) is 2.66. The van der Waals surface area contributed by atoms with E-state index in [1.165, 1.54) is 0 Å². The number of ether oxygens (including phenoxy) is 2. The van der Waals surface area contributed by atoms with E-state index in [9.17, 15) is 4.79 Å². The Balaban J connectivity index is 2.83. The molecular formula is C13H23NO3. The predicted octanol–water partition coefficient (Wildman–Crippen LogP) is 1.81. The van der Waals surface area contributed by atoms with Crippen LogP contribution in [0, 0.1) is 5.41 Å². The Morgan fingerprint density at radius 3 is 2.41 bits per heavy atom. The van der Waals surface area contributed by atoms with Gasteiger partial charge in [-0.25, -0.2) is 4.79 Å². The van der Waals surface area contributed by atoms with Gasteiger partial charge < -0.3 is 14.4 Å². The Labute approximate surface area is 104 Å². The Bertz CT molecular complexity index is 286. The van der Waals surface area contributed by atoms with Crippen LogP contribution in [0.25, 0.3) is 0 Å². The van der Waals surface area contributed by atoms with Crippen LogP contribution in [-0.4, -0.2) is 43.8 Å². The molecule has 0 aromatic heterocycles. The molecule has 1 rings (SSSR count). The van der Waals surface area contributed by atoms with E-state index < -0.39 is 0 Å².